The smallest absolute Gasteiger partial charge is 0.193 e. The van der Waals surface area contributed by atoms with Crippen LogP contribution in [0.3, 0.4) is 0 Å². The summed E-state index contributed by atoms with van der Waals surface area (Å²) in [5.41, 5.74) is 1.26. The van der Waals surface area contributed by atoms with Crippen molar-refractivity contribution in [2.24, 2.45) is 4.99 Å². The van der Waals surface area contributed by atoms with Gasteiger partial charge in [0, 0.05) is 43.8 Å². The summed E-state index contributed by atoms with van der Waals surface area (Å²) in [5.74, 6) is 0.993. The second-order valence-corrected chi connectivity index (χ2v) is 6.26. The van der Waals surface area contributed by atoms with E-state index >= 15 is 0 Å². The van der Waals surface area contributed by atoms with Gasteiger partial charge in [0.1, 0.15) is 0 Å². The van der Waals surface area contributed by atoms with Gasteiger partial charge in [-0.15, -0.1) is 24.0 Å². The van der Waals surface area contributed by atoms with Gasteiger partial charge in [-0.2, -0.15) is 0 Å². The third-order valence-electron chi connectivity index (χ3n) is 4.54. The van der Waals surface area contributed by atoms with E-state index < -0.39 is 0 Å². The first-order valence-corrected chi connectivity index (χ1v) is 7.91. The molecule has 1 aromatic carbocycles. The fourth-order valence-electron chi connectivity index (χ4n) is 3.17. The number of likely N-dealkylation sites (N-methyl/N-ethyl adjacent to an activating group) is 1. The van der Waals surface area contributed by atoms with Crippen LogP contribution in [0.15, 0.2) is 29.3 Å². The molecular weight excluding hydrogens is 413 g/mol. The molecule has 0 spiro atoms. The number of benzene rings is 1. The zero-order chi connectivity index (χ0) is 14.7. The normalized spacial score (nSPS) is 20.3. The predicted octanol–water partition coefficient (Wildman–Crippen LogP) is 2.90. The van der Waals surface area contributed by atoms with Gasteiger partial charge >= 0.3 is 0 Å². The Morgan fingerprint density at radius 2 is 2.05 bits per heavy atom. The van der Waals surface area contributed by atoms with Crippen molar-refractivity contribution in [2.75, 3.05) is 39.9 Å². The molecule has 1 fully saturated rings. The summed E-state index contributed by atoms with van der Waals surface area (Å²) in [7, 11) is 2.07. The van der Waals surface area contributed by atoms with Crippen molar-refractivity contribution in [3.63, 3.8) is 0 Å². The van der Waals surface area contributed by atoms with E-state index in [4.69, 9.17) is 16.3 Å². The second-order valence-electron chi connectivity index (χ2n) is 5.85. The Hall–Kier alpha value is -0.530. The van der Waals surface area contributed by atoms with Gasteiger partial charge in [0.2, 0.25) is 0 Å². The standard InChI is InChI=1S/C16H22ClN3O.HI/c1-20-9-8-18-15(20)19-12-16(6-10-21-11-7-16)13-4-2-3-5-14(13)17;/h2-5H,6-12H2,1H3,(H,18,19);1H. The maximum absolute atomic E-state index is 6.46. The number of ether oxygens (including phenoxy) is 1. The van der Waals surface area contributed by atoms with Crippen molar-refractivity contribution >= 4 is 41.5 Å². The van der Waals surface area contributed by atoms with Crippen LogP contribution in [-0.4, -0.2) is 50.8 Å². The lowest BCUT2D eigenvalue weighted by Gasteiger charge is -2.39. The van der Waals surface area contributed by atoms with E-state index in [1.54, 1.807) is 0 Å². The molecule has 1 N–H and O–H groups in total. The molecule has 0 amide bonds. The minimum atomic E-state index is 0. The second kappa shape index (κ2) is 7.84. The van der Waals surface area contributed by atoms with Gasteiger partial charge in [-0.3, -0.25) is 4.99 Å². The Morgan fingerprint density at radius 3 is 2.68 bits per heavy atom. The Balaban J connectivity index is 0.00000176. The highest BCUT2D eigenvalue weighted by atomic mass is 127. The van der Waals surface area contributed by atoms with Crippen molar-refractivity contribution in [3.05, 3.63) is 34.9 Å². The third-order valence-corrected chi connectivity index (χ3v) is 4.87. The van der Waals surface area contributed by atoms with Gasteiger partial charge < -0.3 is 15.0 Å². The van der Waals surface area contributed by atoms with E-state index in [1.807, 2.05) is 12.1 Å². The molecule has 2 aliphatic rings. The third kappa shape index (κ3) is 3.68. The lowest BCUT2D eigenvalue weighted by atomic mass is 9.74. The highest BCUT2D eigenvalue weighted by Crippen LogP contribution is 2.38. The molecule has 22 heavy (non-hydrogen) atoms. The topological polar surface area (TPSA) is 36.9 Å². The number of nitrogens with one attached hydrogen (secondary N) is 1. The maximum Gasteiger partial charge on any atom is 0.193 e. The molecule has 0 saturated carbocycles. The zero-order valence-electron chi connectivity index (χ0n) is 12.8. The van der Waals surface area contributed by atoms with E-state index in [-0.39, 0.29) is 29.4 Å². The van der Waals surface area contributed by atoms with E-state index in [0.717, 1.165) is 56.7 Å². The molecular formula is C16H23ClIN3O. The number of guanidine groups is 1. The van der Waals surface area contributed by atoms with Crippen LogP contribution in [-0.2, 0) is 10.2 Å². The quantitative estimate of drug-likeness (QED) is 0.742. The van der Waals surface area contributed by atoms with Gasteiger partial charge in [0.25, 0.3) is 0 Å². The average molecular weight is 436 g/mol. The summed E-state index contributed by atoms with van der Waals surface area (Å²) in [5, 5.41) is 4.38. The summed E-state index contributed by atoms with van der Waals surface area (Å²) in [6.45, 7) is 4.29. The number of nitrogens with zero attached hydrogens (tertiary/aromatic N) is 2. The number of aliphatic imine (C=N–C) groups is 1. The first kappa shape index (κ1) is 17.8. The molecule has 0 atom stereocenters. The largest absolute Gasteiger partial charge is 0.381 e. The Morgan fingerprint density at radius 1 is 1.32 bits per heavy atom. The van der Waals surface area contributed by atoms with Gasteiger partial charge in [-0.1, -0.05) is 29.8 Å². The molecule has 0 unspecified atom stereocenters. The Kier molecular flexibility index (Phi) is 6.35. The van der Waals surface area contributed by atoms with Gasteiger partial charge in [-0.25, -0.2) is 0 Å². The van der Waals surface area contributed by atoms with Crippen molar-refractivity contribution < 1.29 is 4.74 Å². The summed E-state index contributed by atoms with van der Waals surface area (Å²) in [4.78, 5) is 6.68. The number of halogens is 2. The van der Waals surface area contributed by atoms with Crippen LogP contribution in [0.5, 0.6) is 0 Å². The molecule has 122 valence electrons. The summed E-state index contributed by atoms with van der Waals surface area (Å²) >= 11 is 6.46. The molecule has 0 aromatic heterocycles. The van der Waals surface area contributed by atoms with Crippen LogP contribution in [0.25, 0.3) is 0 Å². The Labute approximate surface area is 154 Å². The van der Waals surface area contributed by atoms with Gasteiger partial charge in [0.05, 0.1) is 6.54 Å². The van der Waals surface area contributed by atoms with Crippen molar-refractivity contribution in [1.82, 2.24) is 10.2 Å². The number of hydrogen-bond donors (Lipinski definition) is 1. The zero-order valence-corrected chi connectivity index (χ0v) is 15.9. The SMILES string of the molecule is CN1CCN=C1NCC1(c2ccccc2Cl)CCOCC1.I. The van der Waals surface area contributed by atoms with E-state index in [0.29, 0.717) is 0 Å². The molecule has 1 aromatic rings. The van der Waals surface area contributed by atoms with Crippen LogP contribution in [0.4, 0.5) is 0 Å². The summed E-state index contributed by atoms with van der Waals surface area (Å²) in [6.07, 6.45) is 1.97. The number of rotatable bonds is 3. The van der Waals surface area contributed by atoms with E-state index in [2.05, 4.69) is 34.4 Å². The highest BCUT2D eigenvalue weighted by Gasteiger charge is 2.36. The van der Waals surface area contributed by atoms with Gasteiger partial charge in [-0.05, 0) is 24.5 Å². The van der Waals surface area contributed by atoms with E-state index in [9.17, 15) is 0 Å². The molecule has 4 nitrogen and oxygen atoms in total. The molecule has 0 aliphatic carbocycles. The monoisotopic (exact) mass is 435 g/mol. The summed E-state index contributed by atoms with van der Waals surface area (Å²) < 4.78 is 5.57. The lowest BCUT2D eigenvalue weighted by Crippen LogP contribution is -2.47. The van der Waals surface area contributed by atoms with Crippen LogP contribution < -0.4 is 5.32 Å². The fraction of sp³-hybridized carbons (Fsp3) is 0.562. The van der Waals surface area contributed by atoms with Crippen molar-refractivity contribution in [2.45, 2.75) is 18.3 Å². The minimum Gasteiger partial charge on any atom is -0.381 e. The molecule has 3 rings (SSSR count). The minimum absolute atomic E-state index is 0. The van der Waals surface area contributed by atoms with Gasteiger partial charge in [0.15, 0.2) is 5.96 Å². The molecule has 2 aliphatic heterocycles. The molecule has 0 bridgehead atoms. The first-order valence-electron chi connectivity index (χ1n) is 7.53. The predicted molar refractivity (Wildman–Crippen MR) is 102 cm³/mol. The van der Waals surface area contributed by atoms with Crippen molar-refractivity contribution in [1.29, 1.82) is 0 Å². The van der Waals surface area contributed by atoms with E-state index in [1.165, 1.54) is 5.56 Å². The van der Waals surface area contributed by atoms with Crippen LogP contribution >= 0.6 is 35.6 Å². The summed E-state index contributed by atoms with van der Waals surface area (Å²) in [6, 6.07) is 8.18. The molecule has 0 radical (unpaired) electrons. The molecule has 1 saturated heterocycles. The Bertz CT molecular complexity index is 532. The van der Waals surface area contributed by atoms with Crippen LogP contribution in [0.2, 0.25) is 5.02 Å². The number of hydrogen-bond acceptors (Lipinski definition) is 4. The lowest BCUT2D eigenvalue weighted by molar-refractivity contribution is 0.0513. The highest BCUT2D eigenvalue weighted by molar-refractivity contribution is 14.0. The first-order chi connectivity index (χ1) is 10.2. The van der Waals surface area contributed by atoms with Crippen LogP contribution in [0.1, 0.15) is 18.4 Å². The van der Waals surface area contributed by atoms with Crippen molar-refractivity contribution in [3.8, 4) is 0 Å². The average Bonchev–Trinajstić information content (AvgIpc) is 2.92. The molecule has 6 heteroatoms. The molecule has 2 heterocycles. The van der Waals surface area contributed by atoms with Crippen LogP contribution in [0, 0.1) is 0 Å². The fourth-order valence-corrected chi connectivity index (χ4v) is 3.50. The maximum atomic E-state index is 6.46.